The molecule has 0 radical (unpaired) electrons. The predicted octanol–water partition coefficient (Wildman–Crippen LogP) is 3.47. The van der Waals surface area contributed by atoms with Crippen molar-refractivity contribution in [3.05, 3.63) is 35.9 Å². The first-order valence-corrected chi connectivity index (χ1v) is 8.31. The monoisotopic (exact) mass is 274 g/mol. The van der Waals surface area contributed by atoms with Gasteiger partial charge < -0.3 is 5.32 Å². The van der Waals surface area contributed by atoms with Crippen molar-refractivity contribution in [2.24, 2.45) is 0 Å². The number of benzene rings is 1. The Bertz CT molecular complexity index is 363. The van der Waals surface area contributed by atoms with E-state index in [1.54, 1.807) is 0 Å². The molecule has 0 saturated carbocycles. The summed E-state index contributed by atoms with van der Waals surface area (Å²) in [7, 11) is 0. The third-order valence-electron chi connectivity index (χ3n) is 4.57. The van der Waals surface area contributed by atoms with Crippen LogP contribution in [0.15, 0.2) is 30.3 Å². The molecule has 1 aromatic rings. The topological polar surface area (TPSA) is 15.3 Å². The van der Waals surface area contributed by atoms with Crippen LogP contribution in [-0.2, 0) is 6.42 Å². The maximum atomic E-state index is 3.67. The molecule has 0 amide bonds. The van der Waals surface area contributed by atoms with Gasteiger partial charge in [0.15, 0.2) is 0 Å². The minimum absolute atomic E-state index is 0.689. The molecule has 1 fully saturated rings. The number of nitrogens with one attached hydrogen (secondary N) is 1. The first kappa shape index (κ1) is 15.5. The second-order valence-electron chi connectivity index (χ2n) is 6.13. The van der Waals surface area contributed by atoms with Crippen LogP contribution in [0.3, 0.4) is 0 Å². The lowest BCUT2D eigenvalue weighted by atomic mass is 10.1. The van der Waals surface area contributed by atoms with Crippen molar-refractivity contribution in [3.63, 3.8) is 0 Å². The quantitative estimate of drug-likeness (QED) is 0.799. The van der Waals surface area contributed by atoms with E-state index in [0.29, 0.717) is 6.04 Å². The molecular formula is C18H30N2. The standard InChI is InChI=1S/C18H30N2/c1-3-18-15-20(16(2)12-13-19-18)14-8-7-11-17-9-5-4-6-10-17/h4-6,9-10,16,18-19H,3,7-8,11-15H2,1-2H3. The molecule has 2 atom stereocenters. The third kappa shape index (κ3) is 4.92. The molecule has 2 heteroatoms. The van der Waals surface area contributed by atoms with Crippen LogP contribution < -0.4 is 5.32 Å². The third-order valence-corrected chi connectivity index (χ3v) is 4.57. The molecule has 20 heavy (non-hydrogen) atoms. The molecule has 112 valence electrons. The molecule has 0 bridgehead atoms. The minimum Gasteiger partial charge on any atom is -0.313 e. The van der Waals surface area contributed by atoms with Crippen LogP contribution in [0.1, 0.15) is 45.1 Å². The van der Waals surface area contributed by atoms with Gasteiger partial charge in [0.2, 0.25) is 0 Å². The van der Waals surface area contributed by atoms with Gasteiger partial charge in [-0.3, -0.25) is 4.90 Å². The van der Waals surface area contributed by atoms with Gasteiger partial charge in [-0.15, -0.1) is 0 Å². The van der Waals surface area contributed by atoms with Crippen LogP contribution in [0.5, 0.6) is 0 Å². The summed E-state index contributed by atoms with van der Waals surface area (Å²) in [5, 5.41) is 3.67. The molecular weight excluding hydrogens is 244 g/mol. The van der Waals surface area contributed by atoms with Gasteiger partial charge in [0.25, 0.3) is 0 Å². The van der Waals surface area contributed by atoms with E-state index in [9.17, 15) is 0 Å². The number of unbranched alkanes of at least 4 members (excludes halogenated alkanes) is 1. The zero-order chi connectivity index (χ0) is 14.2. The van der Waals surface area contributed by atoms with Crippen molar-refractivity contribution in [1.82, 2.24) is 10.2 Å². The Hall–Kier alpha value is -0.860. The Balaban J connectivity index is 1.71. The normalized spacial score (nSPS) is 24.5. The Kier molecular flexibility index (Phi) is 6.55. The van der Waals surface area contributed by atoms with Gasteiger partial charge in [-0.2, -0.15) is 0 Å². The summed E-state index contributed by atoms with van der Waals surface area (Å²) < 4.78 is 0. The zero-order valence-electron chi connectivity index (χ0n) is 13.1. The van der Waals surface area contributed by atoms with Crippen molar-refractivity contribution in [3.8, 4) is 0 Å². The number of hydrogen-bond acceptors (Lipinski definition) is 2. The fraction of sp³-hybridized carbons (Fsp3) is 0.667. The molecule has 0 aromatic heterocycles. The highest BCUT2D eigenvalue weighted by Gasteiger charge is 2.20. The van der Waals surface area contributed by atoms with E-state index in [0.717, 1.165) is 6.04 Å². The Morgan fingerprint density at radius 2 is 2.00 bits per heavy atom. The Morgan fingerprint density at radius 3 is 2.75 bits per heavy atom. The van der Waals surface area contributed by atoms with Crippen LogP contribution in [-0.4, -0.2) is 36.6 Å². The number of aryl methyl sites for hydroxylation is 1. The van der Waals surface area contributed by atoms with E-state index < -0.39 is 0 Å². The molecule has 1 heterocycles. The Morgan fingerprint density at radius 1 is 1.20 bits per heavy atom. The summed E-state index contributed by atoms with van der Waals surface area (Å²) in [4.78, 5) is 2.69. The summed E-state index contributed by atoms with van der Waals surface area (Å²) in [6.07, 6.45) is 6.37. The van der Waals surface area contributed by atoms with E-state index in [-0.39, 0.29) is 0 Å². The average molecular weight is 274 g/mol. The average Bonchev–Trinajstić information content (AvgIpc) is 2.66. The van der Waals surface area contributed by atoms with Crippen molar-refractivity contribution in [1.29, 1.82) is 0 Å². The van der Waals surface area contributed by atoms with Crippen LogP contribution in [0.4, 0.5) is 0 Å². The van der Waals surface area contributed by atoms with Gasteiger partial charge in [0, 0.05) is 18.6 Å². The van der Waals surface area contributed by atoms with Crippen LogP contribution >= 0.6 is 0 Å². The second-order valence-corrected chi connectivity index (χ2v) is 6.13. The lowest BCUT2D eigenvalue weighted by Gasteiger charge is -2.28. The number of hydrogen-bond donors (Lipinski definition) is 1. The van der Waals surface area contributed by atoms with Gasteiger partial charge in [0.05, 0.1) is 0 Å². The molecule has 2 nitrogen and oxygen atoms in total. The van der Waals surface area contributed by atoms with Crippen LogP contribution in [0.2, 0.25) is 0 Å². The SMILES string of the molecule is CCC1CN(CCCCc2ccccc2)C(C)CCN1. The summed E-state index contributed by atoms with van der Waals surface area (Å²) in [5.74, 6) is 0. The largest absolute Gasteiger partial charge is 0.313 e. The predicted molar refractivity (Wildman–Crippen MR) is 87.1 cm³/mol. The van der Waals surface area contributed by atoms with E-state index >= 15 is 0 Å². The minimum atomic E-state index is 0.689. The maximum Gasteiger partial charge on any atom is 0.0192 e. The summed E-state index contributed by atoms with van der Waals surface area (Å²) in [5.41, 5.74) is 1.48. The van der Waals surface area contributed by atoms with Gasteiger partial charge in [-0.05, 0) is 57.7 Å². The molecule has 1 N–H and O–H groups in total. The lowest BCUT2D eigenvalue weighted by Crippen LogP contribution is -2.40. The summed E-state index contributed by atoms with van der Waals surface area (Å²) in [6, 6.07) is 12.3. The molecule has 1 aliphatic rings. The molecule has 1 aliphatic heterocycles. The molecule has 2 rings (SSSR count). The summed E-state index contributed by atoms with van der Waals surface area (Å²) in [6.45, 7) is 8.34. The van der Waals surface area contributed by atoms with Crippen molar-refractivity contribution in [2.45, 2.75) is 58.0 Å². The molecule has 0 spiro atoms. The van der Waals surface area contributed by atoms with E-state index in [4.69, 9.17) is 0 Å². The van der Waals surface area contributed by atoms with Crippen molar-refractivity contribution in [2.75, 3.05) is 19.6 Å². The van der Waals surface area contributed by atoms with Gasteiger partial charge in [0.1, 0.15) is 0 Å². The van der Waals surface area contributed by atoms with Crippen LogP contribution in [0.25, 0.3) is 0 Å². The number of nitrogens with zero attached hydrogens (tertiary/aromatic N) is 1. The first-order valence-electron chi connectivity index (χ1n) is 8.31. The maximum absolute atomic E-state index is 3.67. The molecule has 1 saturated heterocycles. The summed E-state index contributed by atoms with van der Waals surface area (Å²) >= 11 is 0. The van der Waals surface area contributed by atoms with E-state index in [1.165, 1.54) is 57.3 Å². The van der Waals surface area contributed by atoms with Gasteiger partial charge in [-0.1, -0.05) is 37.3 Å². The lowest BCUT2D eigenvalue weighted by molar-refractivity contribution is 0.199. The van der Waals surface area contributed by atoms with E-state index in [2.05, 4.69) is 54.4 Å². The first-order chi connectivity index (χ1) is 9.79. The molecule has 2 unspecified atom stereocenters. The van der Waals surface area contributed by atoms with E-state index in [1.807, 2.05) is 0 Å². The highest BCUT2D eigenvalue weighted by atomic mass is 15.2. The highest BCUT2D eigenvalue weighted by Crippen LogP contribution is 2.13. The zero-order valence-corrected chi connectivity index (χ0v) is 13.1. The number of rotatable bonds is 6. The fourth-order valence-electron chi connectivity index (χ4n) is 3.08. The highest BCUT2D eigenvalue weighted by molar-refractivity contribution is 5.14. The van der Waals surface area contributed by atoms with Crippen LogP contribution in [0, 0.1) is 0 Å². The van der Waals surface area contributed by atoms with Crippen molar-refractivity contribution < 1.29 is 0 Å². The smallest absolute Gasteiger partial charge is 0.0192 e. The fourth-order valence-corrected chi connectivity index (χ4v) is 3.08. The molecule has 1 aromatic carbocycles. The molecule has 0 aliphatic carbocycles. The Labute approximate surface area is 124 Å². The second kappa shape index (κ2) is 8.43. The van der Waals surface area contributed by atoms with Gasteiger partial charge >= 0.3 is 0 Å². The van der Waals surface area contributed by atoms with Gasteiger partial charge in [-0.25, -0.2) is 0 Å². The van der Waals surface area contributed by atoms with Crippen molar-refractivity contribution >= 4 is 0 Å².